The molecular weight excluding hydrogens is 268 g/mol. The van der Waals surface area contributed by atoms with Crippen LogP contribution in [0.3, 0.4) is 0 Å². The van der Waals surface area contributed by atoms with Gasteiger partial charge in [-0.05, 0) is 18.2 Å². The predicted octanol–water partition coefficient (Wildman–Crippen LogP) is 2.93. The molecule has 0 fully saturated rings. The van der Waals surface area contributed by atoms with Gasteiger partial charge in [-0.1, -0.05) is 0 Å². The number of aromatic amines is 1. The van der Waals surface area contributed by atoms with Crippen LogP contribution in [0.15, 0.2) is 24.4 Å². The molecule has 0 atom stereocenters. The predicted molar refractivity (Wildman–Crippen MR) is 55.9 cm³/mol. The normalized spacial score (nSPS) is 11.6. The fourth-order valence-electron chi connectivity index (χ4n) is 1.57. The number of nitrogens with zero attached hydrogens (tertiary/aromatic N) is 1. The van der Waals surface area contributed by atoms with Crippen molar-refractivity contribution in [3.8, 4) is 11.3 Å². The largest absolute Gasteiger partial charge is 0.478 e. The molecule has 4 nitrogen and oxygen atoms in total. The van der Waals surface area contributed by atoms with Gasteiger partial charge in [-0.25, -0.2) is 9.18 Å². The van der Waals surface area contributed by atoms with E-state index in [0.717, 1.165) is 12.3 Å². The number of hydrogen-bond donors (Lipinski definition) is 2. The lowest BCUT2D eigenvalue weighted by atomic mass is 10.0. The number of nitrogens with one attached hydrogen (secondary N) is 1. The molecule has 1 aromatic heterocycles. The molecule has 0 aliphatic rings. The van der Waals surface area contributed by atoms with Crippen molar-refractivity contribution in [2.24, 2.45) is 0 Å². The summed E-state index contributed by atoms with van der Waals surface area (Å²) in [7, 11) is 0. The fourth-order valence-corrected chi connectivity index (χ4v) is 1.57. The summed E-state index contributed by atoms with van der Waals surface area (Å²) in [6.07, 6.45) is -3.78. The van der Waals surface area contributed by atoms with Crippen molar-refractivity contribution in [1.82, 2.24) is 10.2 Å². The molecule has 0 bridgehead atoms. The Bertz CT molecular complexity index is 634. The summed E-state index contributed by atoms with van der Waals surface area (Å²) in [5.74, 6) is -2.49. The van der Waals surface area contributed by atoms with Crippen molar-refractivity contribution in [2.45, 2.75) is 6.18 Å². The number of halogens is 4. The van der Waals surface area contributed by atoms with E-state index in [1.807, 2.05) is 0 Å². The molecule has 2 rings (SSSR count). The molecule has 0 radical (unpaired) electrons. The number of benzene rings is 1. The minimum atomic E-state index is -4.72. The third kappa shape index (κ3) is 2.56. The Balaban J connectivity index is 2.60. The molecule has 0 spiro atoms. The van der Waals surface area contributed by atoms with Gasteiger partial charge in [0, 0.05) is 5.56 Å². The lowest BCUT2D eigenvalue weighted by Crippen LogP contribution is -2.06. The number of carboxylic acid groups (broad SMARTS) is 1. The maximum Gasteiger partial charge on any atom is 0.416 e. The summed E-state index contributed by atoms with van der Waals surface area (Å²) in [5.41, 5.74) is -1.95. The Kier molecular flexibility index (Phi) is 3.01. The number of alkyl halides is 3. The number of hydrogen-bond acceptors (Lipinski definition) is 2. The number of aromatic carboxylic acids is 1. The third-order valence-electron chi connectivity index (χ3n) is 2.38. The second-order valence-electron chi connectivity index (χ2n) is 3.69. The molecule has 0 saturated heterocycles. The van der Waals surface area contributed by atoms with Gasteiger partial charge in [-0.2, -0.15) is 18.3 Å². The highest BCUT2D eigenvalue weighted by atomic mass is 19.4. The SMILES string of the molecule is O=C(O)c1cn[nH]c1-c1cc(F)cc(C(F)(F)F)c1. The molecular formula is C11H6F4N2O2. The Morgan fingerprint density at radius 3 is 2.53 bits per heavy atom. The van der Waals surface area contributed by atoms with E-state index in [0.29, 0.717) is 12.1 Å². The standard InChI is InChI=1S/C11H6F4N2O2/c12-7-2-5(1-6(3-7)11(13,14)15)9-8(10(18)19)4-16-17-9/h1-4H,(H,16,17)(H,18,19). The van der Waals surface area contributed by atoms with Crippen molar-refractivity contribution in [1.29, 1.82) is 0 Å². The van der Waals surface area contributed by atoms with E-state index in [9.17, 15) is 22.4 Å². The van der Waals surface area contributed by atoms with Crippen LogP contribution in [0.1, 0.15) is 15.9 Å². The van der Waals surface area contributed by atoms with E-state index in [4.69, 9.17) is 5.11 Å². The first-order valence-electron chi connectivity index (χ1n) is 4.94. The second kappa shape index (κ2) is 4.38. The Morgan fingerprint density at radius 1 is 1.26 bits per heavy atom. The van der Waals surface area contributed by atoms with Crippen molar-refractivity contribution in [2.75, 3.05) is 0 Å². The summed E-state index contributed by atoms with van der Waals surface area (Å²) in [6, 6.07) is 1.79. The first kappa shape index (κ1) is 13.1. The van der Waals surface area contributed by atoms with Gasteiger partial charge in [0.1, 0.15) is 11.4 Å². The fraction of sp³-hybridized carbons (Fsp3) is 0.0909. The number of aromatic nitrogens is 2. The van der Waals surface area contributed by atoms with Gasteiger partial charge in [-0.3, -0.25) is 5.10 Å². The quantitative estimate of drug-likeness (QED) is 0.827. The van der Waals surface area contributed by atoms with Crippen molar-refractivity contribution < 1.29 is 27.5 Å². The minimum Gasteiger partial charge on any atom is -0.478 e. The van der Waals surface area contributed by atoms with Gasteiger partial charge in [0.05, 0.1) is 17.5 Å². The molecule has 2 aromatic rings. The summed E-state index contributed by atoms with van der Waals surface area (Å²) >= 11 is 0. The smallest absolute Gasteiger partial charge is 0.416 e. The minimum absolute atomic E-state index is 0.183. The monoisotopic (exact) mass is 274 g/mol. The molecule has 8 heteroatoms. The number of H-pyrrole nitrogens is 1. The van der Waals surface area contributed by atoms with Gasteiger partial charge in [-0.15, -0.1) is 0 Å². The molecule has 0 unspecified atom stereocenters. The lowest BCUT2D eigenvalue weighted by Gasteiger charge is -2.09. The third-order valence-corrected chi connectivity index (χ3v) is 2.38. The number of rotatable bonds is 2. The van der Waals surface area contributed by atoms with Gasteiger partial charge in [0.25, 0.3) is 0 Å². The Morgan fingerprint density at radius 2 is 1.95 bits per heavy atom. The lowest BCUT2D eigenvalue weighted by molar-refractivity contribution is -0.137. The maximum absolute atomic E-state index is 13.2. The molecule has 1 aromatic carbocycles. The Hall–Kier alpha value is -2.38. The van der Waals surface area contributed by atoms with Crippen molar-refractivity contribution in [3.63, 3.8) is 0 Å². The highest BCUT2D eigenvalue weighted by molar-refractivity contribution is 5.94. The van der Waals surface area contributed by atoms with Crippen molar-refractivity contribution >= 4 is 5.97 Å². The molecule has 0 saturated carbocycles. The van der Waals surface area contributed by atoms with E-state index in [-0.39, 0.29) is 16.8 Å². The van der Waals surface area contributed by atoms with Crippen LogP contribution in [-0.2, 0) is 6.18 Å². The first-order valence-corrected chi connectivity index (χ1v) is 4.94. The first-order chi connectivity index (χ1) is 8.79. The zero-order valence-electron chi connectivity index (χ0n) is 9.12. The zero-order chi connectivity index (χ0) is 14.2. The summed E-state index contributed by atoms with van der Waals surface area (Å²) < 4.78 is 50.8. The molecule has 0 aliphatic carbocycles. The molecule has 0 amide bonds. The van der Waals surface area contributed by atoms with E-state index in [2.05, 4.69) is 10.2 Å². The van der Waals surface area contributed by atoms with E-state index >= 15 is 0 Å². The van der Waals surface area contributed by atoms with Gasteiger partial charge in [0.15, 0.2) is 0 Å². The van der Waals surface area contributed by atoms with E-state index in [1.165, 1.54) is 0 Å². The van der Waals surface area contributed by atoms with Gasteiger partial charge in [0.2, 0.25) is 0 Å². The van der Waals surface area contributed by atoms with E-state index < -0.39 is 23.5 Å². The topological polar surface area (TPSA) is 66.0 Å². The number of carboxylic acids is 1. The van der Waals surface area contributed by atoms with Crippen LogP contribution in [0.25, 0.3) is 11.3 Å². The summed E-state index contributed by atoms with van der Waals surface area (Å²) in [6.45, 7) is 0. The van der Waals surface area contributed by atoms with Crippen LogP contribution in [0, 0.1) is 5.82 Å². The highest BCUT2D eigenvalue weighted by Crippen LogP contribution is 2.33. The summed E-state index contributed by atoms with van der Waals surface area (Å²) in [4.78, 5) is 10.8. The second-order valence-corrected chi connectivity index (χ2v) is 3.69. The Labute approximate surface area is 103 Å². The van der Waals surface area contributed by atoms with Crippen LogP contribution in [0.4, 0.5) is 17.6 Å². The van der Waals surface area contributed by atoms with Crippen LogP contribution in [0.2, 0.25) is 0 Å². The zero-order valence-corrected chi connectivity index (χ0v) is 9.12. The molecule has 1 heterocycles. The van der Waals surface area contributed by atoms with Crippen molar-refractivity contribution in [3.05, 3.63) is 41.3 Å². The van der Waals surface area contributed by atoms with E-state index in [1.54, 1.807) is 0 Å². The van der Waals surface area contributed by atoms with Crippen LogP contribution >= 0.6 is 0 Å². The average Bonchev–Trinajstić information content (AvgIpc) is 2.75. The van der Waals surface area contributed by atoms with Crippen LogP contribution in [0.5, 0.6) is 0 Å². The van der Waals surface area contributed by atoms with Gasteiger partial charge >= 0.3 is 12.1 Å². The molecule has 0 aliphatic heterocycles. The molecule has 100 valence electrons. The summed E-state index contributed by atoms with van der Waals surface area (Å²) in [5, 5.41) is 14.5. The van der Waals surface area contributed by atoms with Gasteiger partial charge < -0.3 is 5.11 Å². The highest BCUT2D eigenvalue weighted by Gasteiger charge is 2.32. The number of carbonyl (C=O) groups is 1. The van der Waals surface area contributed by atoms with Crippen LogP contribution in [-0.4, -0.2) is 21.3 Å². The molecule has 2 N–H and O–H groups in total. The molecule has 19 heavy (non-hydrogen) atoms. The maximum atomic E-state index is 13.2. The average molecular weight is 274 g/mol. The van der Waals surface area contributed by atoms with Crippen LogP contribution < -0.4 is 0 Å².